The Kier molecular flexibility index (Phi) is 5.36. The first-order chi connectivity index (χ1) is 11.6. The summed E-state index contributed by atoms with van der Waals surface area (Å²) < 4.78 is 2.85. The summed E-state index contributed by atoms with van der Waals surface area (Å²) in [7, 11) is 1.98. The lowest BCUT2D eigenvalue weighted by molar-refractivity contribution is 0.0684. The number of piperidine rings is 1. The summed E-state index contributed by atoms with van der Waals surface area (Å²) >= 11 is 3.44. The van der Waals surface area contributed by atoms with E-state index in [0.29, 0.717) is 11.6 Å². The number of hydrogen-bond acceptors (Lipinski definition) is 3. The molecule has 5 nitrogen and oxygen atoms in total. The molecule has 1 aromatic carbocycles. The van der Waals surface area contributed by atoms with Crippen LogP contribution in [0.1, 0.15) is 29.0 Å². The normalized spacial score (nSPS) is 15.7. The minimum atomic E-state index is 0.0388. The maximum absolute atomic E-state index is 12.7. The molecule has 1 aromatic heterocycles. The van der Waals surface area contributed by atoms with Crippen LogP contribution in [0.2, 0.25) is 0 Å². The van der Waals surface area contributed by atoms with Crippen LogP contribution in [0.5, 0.6) is 0 Å². The number of carbonyl (C=O) groups is 1. The van der Waals surface area contributed by atoms with Gasteiger partial charge in [0.15, 0.2) is 5.69 Å². The summed E-state index contributed by atoms with van der Waals surface area (Å²) in [5.74, 6) is 0.706. The van der Waals surface area contributed by atoms with Crippen LogP contribution in [-0.4, -0.2) is 47.3 Å². The Bertz CT molecular complexity index is 702. The number of rotatable bonds is 4. The monoisotopic (exact) mass is 390 g/mol. The van der Waals surface area contributed by atoms with Gasteiger partial charge in [-0.2, -0.15) is 5.10 Å². The number of aromatic nitrogens is 2. The van der Waals surface area contributed by atoms with Crippen LogP contribution >= 0.6 is 15.9 Å². The molecule has 1 amide bonds. The lowest BCUT2D eigenvalue weighted by atomic mass is 9.96. The number of aryl methyl sites for hydroxylation is 1. The van der Waals surface area contributed by atoms with Crippen LogP contribution in [0.15, 0.2) is 34.8 Å². The SMILES string of the molecule is CNCC1CCN(C(=O)c2cc(C)n(-c3ccc(Br)cc3)n2)CC1. The van der Waals surface area contributed by atoms with Gasteiger partial charge >= 0.3 is 0 Å². The average molecular weight is 391 g/mol. The average Bonchev–Trinajstić information content (AvgIpc) is 2.98. The third-order valence-electron chi connectivity index (χ3n) is 4.57. The summed E-state index contributed by atoms with van der Waals surface area (Å²) in [5.41, 5.74) is 2.45. The Morgan fingerprint density at radius 3 is 2.58 bits per heavy atom. The van der Waals surface area contributed by atoms with Crippen LogP contribution in [0, 0.1) is 12.8 Å². The van der Waals surface area contributed by atoms with Crippen LogP contribution < -0.4 is 5.32 Å². The van der Waals surface area contributed by atoms with Crippen molar-refractivity contribution in [2.75, 3.05) is 26.7 Å². The van der Waals surface area contributed by atoms with Crippen molar-refractivity contribution >= 4 is 21.8 Å². The van der Waals surface area contributed by atoms with E-state index in [9.17, 15) is 4.79 Å². The molecule has 0 radical (unpaired) electrons. The molecule has 2 heterocycles. The van der Waals surface area contributed by atoms with Gasteiger partial charge in [0.2, 0.25) is 0 Å². The van der Waals surface area contributed by atoms with Crippen LogP contribution in [-0.2, 0) is 0 Å². The smallest absolute Gasteiger partial charge is 0.274 e. The first-order valence-electron chi connectivity index (χ1n) is 8.35. The molecule has 3 rings (SSSR count). The van der Waals surface area contributed by atoms with E-state index in [2.05, 4.69) is 26.3 Å². The van der Waals surface area contributed by atoms with Crippen molar-refractivity contribution in [1.29, 1.82) is 0 Å². The zero-order chi connectivity index (χ0) is 17.1. The summed E-state index contributed by atoms with van der Waals surface area (Å²) in [6.45, 7) is 4.63. The Labute approximate surface area is 151 Å². The molecule has 1 aliphatic heterocycles. The van der Waals surface area contributed by atoms with Crippen molar-refractivity contribution in [2.24, 2.45) is 5.92 Å². The summed E-state index contributed by atoms with van der Waals surface area (Å²) in [4.78, 5) is 14.7. The van der Waals surface area contributed by atoms with Gasteiger partial charge < -0.3 is 10.2 Å². The highest BCUT2D eigenvalue weighted by Gasteiger charge is 2.25. The Morgan fingerprint density at radius 2 is 1.96 bits per heavy atom. The standard InChI is InChI=1S/C18H23BrN4O/c1-13-11-17(21-23(13)16-5-3-15(19)4-6-16)18(24)22-9-7-14(8-10-22)12-20-2/h3-6,11,14,20H,7-10,12H2,1-2H3. The highest BCUT2D eigenvalue weighted by Crippen LogP contribution is 2.20. The molecule has 1 fully saturated rings. The predicted octanol–water partition coefficient (Wildman–Crippen LogP) is 3.01. The summed E-state index contributed by atoms with van der Waals surface area (Å²) in [6, 6.07) is 9.81. The fraction of sp³-hybridized carbons (Fsp3) is 0.444. The Morgan fingerprint density at radius 1 is 1.29 bits per heavy atom. The quantitative estimate of drug-likeness (QED) is 0.872. The summed E-state index contributed by atoms with van der Waals surface area (Å²) in [5, 5.41) is 7.76. The molecule has 0 aliphatic carbocycles. The van der Waals surface area contributed by atoms with Gasteiger partial charge in [-0.3, -0.25) is 4.79 Å². The molecule has 0 atom stereocenters. The van der Waals surface area contributed by atoms with E-state index in [1.165, 1.54) is 0 Å². The van der Waals surface area contributed by atoms with Crippen molar-refractivity contribution in [3.05, 3.63) is 46.2 Å². The third kappa shape index (κ3) is 3.70. The second-order valence-electron chi connectivity index (χ2n) is 6.35. The van der Waals surface area contributed by atoms with Gasteiger partial charge in [0.1, 0.15) is 0 Å². The Balaban J connectivity index is 1.73. The van der Waals surface area contributed by atoms with Gasteiger partial charge in [0.05, 0.1) is 5.69 Å². The number of nitrogens with one attached hydrogen (secondary N) is 1. The van der Waals surface area contributed by atoms with E-state index in [-0.39, 0.29) is 5.91 Å². The number of nitrogens with zero attached hydrogens (tertiary/aromatic N) is 3. The molecule has 0 spiro atoms. The second-order valence-corrected chi connectivity index (χ2v) is 7.27. The van der Waals surface area contributed by atoms with Crippen molar-refractivity contribution in [2.45, 2.75) is 19.8 Å². The highest BCUT2D eigenvalue weighted by molar-refractivity contribution is 9.10. The molecule has 24 heavy (non-hydrogen) atoms. The van der Waals surface area contributed by atoms with E-state index < -0.39 is 0 Å². The van der Waals surface area contributed by atoms with E-state index in [1.54, 1.807) is 0 Å². The van der Waals surface area contributed by atoms with Gasteiger partial charge in [-0.05, 0) is 69.6 Å². The first kappa shape index (κ1) is 17.2. The lowest BCUT2D eigenvalue weighted by Gasteiger charge is -2.31. The van der Waals surface area contributed by atoms with Crippen LogP contribution in [0.25, 0.3) is 5.69 Å². The first-order valence-corrected chi connectivity index (χ1v) is 9.14. The van der Waals surface area contributed by atoms with Gasteiger partial charge in [0, 0.05) is 23.3 Å². The minimum absolute atomic E-state index is 0.0388. The topological polar surface area (TPSA) is 50.2 Å². The molecule has 6 heteroatoms. The number of likely N-dealkylation sites (tertiary alicyclic amines) is 1. The van der Waals surface area contributed by atoms with E-state index in [1.807, 2.05) is 53.9 Å². The Hall–Kier alpha value is -1.66. The fourth-order valence-corrected chi connectivity index (χ4v) is 3.48. The third-order valence-corrected chi connectivity index (χ3v) is 5.10. The number of hydrogen-bond donors (Lipinski definition) is 1. The lowest BCUT2D eigenvalue weighted by Crippen LogP contribution is -2.40. The van der Waals surface area contributed by atoms with Crippen molar-refractivity contribution in [3.8, 4) is 5.69 Å². The molecule has 2 aromatic rings. The van der Waals surface area contributed by atoms with Crippen molar-refractivity contribution in [3.63, 3.8) is 0 Å². The summed E-state index contributed by atoms with van der Waals surface area (Å²) in [6.07, 6.45) is 2.11. The maximum atomic E-state index is 12.7. The molecular weight excluding hydrogens is 368 g/mol. The van der Waals surface area contributed by atoms with Gasteiger partial charge in [-0.25, -0.2) is 4.68 Å². The van der Waals surface area contributed by atoms with E-state index >= 15 is 0 Å². The predicted molar refractivity (Wildman–Crippen MR) is 98.6 cm³/mol. The van der Waals surface area contributed by atoms with Crippen LogP contribution in [0.4, 0.5) is 0 Å². The zero-order valence-electron chi connectivity index (χ0n) is 14.1. The number of amides is 1. The van der Waals surface area contributed by atoms with Crippen molar-refractivity contribution < 1.29 is 4.79 Å². The largest absolute Gasteiger partial charge is 0.337 e. The van der Waals surface area contributed by atoms with Gasteiger partial charge in [-0.1, -0.05) is 15.9 Å². The molecule has 0 bridgehead atoms. The van der Waals surface area contributed by atoms with Crippen LogP contribution in [0.3, 0.4) is 0 Å². The molecule has 128 valence electrons. The number of halogens is 1. The number of carbonyl (C=O) groups excluding carboxylic acids is 1. The number of benzene rings is 1. The molecular formula is C18H23BrN4O. The fourth-order valence-electron chi connectivity index (χ4n) is 3.21. The van der Waals surface area contributed by atoms with Gasteiger partial charge in [0.25, 0.3) is 5.91 Å². The molecule has 0 saturated carbocycles. The van der Waals surface area contributed by atoms with Crippen molar-refractivity contribution in [1.82, 2.24) is 20.0 Å². The highest BCUT2D eigenvalue weighted by atomic mass is 79.9. The molecule has 1 N–H and O–H groups in total. The molecule has 1 aliphatic rings. The second kappa shape index (κ2) is 7.49. The molecule has 1 saturated heterocycles. The van der Waals surface area contributed by atoms with E-state index in [0.717, 1.165) is 48.3 Å². The van der Waals surface area contributed by atoms with E-state index in [4.69, 9.17) is 0 Å². The minimum Gasteiger partial charge on any atom is -0.337 e. The van der Waals surface area contributed by atoms with Gasteiger partial charge in [-0.15, -0.1) is 0 Å². The maximum Gasteiger partial charge on any atom is 0.274 e. The zero-order valence-corrected chi connectivity index (χ0v) is 15.7. The molecule has 0 unspecified atom stereocenters.